The maximum atomic E-state index is 13.7. The van der Waals surface area contributed by atoms with E-state index in [0.29, 0.717) is 17.6 Å². The third kappa shape index (κ3) is 4.68. The number of amides is 1. The first-order valence-corrected chi connectivity index (χ1v) is 13.9. The molecule has 1 amide bonds. The second-order valence-corrected chi connectivity index (χ2v) is 11.6. The molecule has 6 nitrogen and oxygen atoms in total. The summed E-state index contributed by atoms with van der Waals surface area (Å²) in [5.41, 5.74) is 4.14. The third-order valence-corrected chi connectivity index (χ3v) is 8.99. The number of carbonyl (C=O) groups excluding carboxylic acids is 1. The van der Waals surface area contributed by atoms with Gasteiger partial charge in [0.1, 0.15) is 4.83 Å². The van der Waals surface area contributed by atoms with Crippen LogP contribution in [-0.2, 0) is 28.9 Å². The van der Waals surface area contributed by atoms with E-state index in [-0.39, 0.29) is 23.3 Å². The molecule has 180 valence electrons. The highest BCUT2D eigenvalue weighted by Crippen LogP contribution is 2.36. The third-order valence-electron chi connectivity index (χ3n) is 6.87. The number of hydrogen-bond acceptors (Lipinski definition) is 6. The van der Waals surface area contributed by atoms with Crippen molar-refractivity contribution in [2.75, 3.05) is 17.7 Å². The molecule has 1 aliphatic carbocycles. The van der Waals surface area contributed by atoms with Crippen molar-refractivity contribution in [1.82, 2.24) is 9.55 Å². The molecule has 1 N–H and O–H groups in total. The van der Waals surface area contributed by atoms with E-state index in [1.165, 1.54) is 22.2 Å². The topological polar surface area (TPSA) is 73.2 Å². The maximum absolute atomic E-state index is 13.7. The van der Waals surface area contributed by atoms with E-state index in [2.05, 4.69) is 12.2 Å². The number of para-hydroxylation sites is 1. The zero-order valence-corrected chi connectivity index (χ0v) is 21.6. The van der Waals surface area contributed by atoms with Gasteiger partial charge in [0, 0.05) is 17.2 Å². The summed E-state index contributed by atoms with van der Waals surface area (Å²) >= 11 is 2.99. The first-order chi connectivity index (χ1) is 16.4. The molecular formula is C26H31N3O3S2. The fourth-order valence-corrected chi connectivity index (χ4v) is 7.22. The Morgan fingerprint density at radius 1 is 1.29 bits per heavy atom. The Morgan fingerprint density at radius 2 is 2.09 bits per heavy atom. The minimum Gasteiger partial charge on any atom is -0.376 e. The molecule has 1 fully saturated rings. The van der Waals surface area contributed by atoms with Gasteiger partial charge < -0.3 is 10.1 Å². The molecule has 2 atom stereocenters. The average molecular weight is 498 g/mol. The molecule has 0 saturated carbocycles. The van der Waals surface area contributed by atoms with E-state index in [1.807, 2.05) is 32.0 Å². The van der Waals surface area contributed by atoms with Crippen molar-refractivity contribution in [3.05, 3.63) is 50.1 Å². The summed E-state index contributed by atoms with van der Waals surface area (Å²) in [6, 6.07) is 5.97. The molecule has 2 unspecified atom stereocenters. The number of hydrogen-bond donors (Lipinski definition) is 1. The molecule has 0 radical (unpaired) electrons. The Balaban J connectivity index is 1.45. The van der Waals surface area contributed by atoms with Gasteiger partial charge in [-0.15, -0.1) is 11.3 Å². The van der Waals surface area contributed by atoms with Gasteiger partial charge in [-0.3, -0.25) is 14.2 Å². The highest BCUT2D eigenvalue weighted by Gasteiger charge is 2.26. The number of thiophene rings is 1. The monoisotopic (exact) mass is 497 g/mol. The van der Waals surface area contributed by atoms with Crippen molar-refractivity contribution in [1.29, 1.82) is 0 Å². The Morgan fingerprint density at radius 3 is 2.82 bits per heavy atom. The fourth-order valence-electron chi connectivity index (χ4n) is 4.99. The van der Waals surface area contributed by atoms with Gasteiger partial charge in [-0.2, -0.15) is 0 Å². The maximum Gasteiger partial charge on any atom is 0.263 e. The van der Waals surface area contributed by atoms with Gasteiger partial charge in [-0.1, -0.05) is 36.9 Å². The number of carbonyl (C=O) groups is 1. The first kappa shape index (κ1) is 23.6. The molecule has 0 bridgehead atoms. The van der Waals surface area contributed by atoms with E-state index >= 15 is 0 Å². The van der Waals surface area contributed by atoms with E-state index in [4.69, 9.17) is 9.72 Å². The Hall–Kier alpha value is -2.16. The molecule has 2 aromatic heterocycles. The molecule has 2 aliphatic rings. The van der Waals surface area contributed by atoms with E-state index in [9.17, 15) is 9.59 Å². The summed E-state index contributed by atoms with van der Waals surface area (Å²) in [6.45, 7) is 7.48. The molecule has 1 saturated heterocycles. The lowest BCUT2D eigenvalue weighted by molar-refractivity contribution is -0.113. The van der Waals surface area contributed by atoms with Crippen LogP contribution < -0.4 is 10.9 Å². The van der Waals surface area contributed by atoms with Gasteiger partial charge in [0.25, 0.3) is 5.56 Å². The minimum absolute atomic E-state index is 0.0187. The van der Waals surface area contributed by atoms with Gasteiger partial charge in [-0.25, -0.2) is 4.98 Å². The number of nitrogens with zero attached hydrogens (tertiary/aromatic N) is 2. The summed E-state index contributed by atoms with van der Waals surface area (Å²) in [7, 11) is 0. The van der Waals surface area contributed by atoms with E-state index in [0.717, 1.165) is 65.7 Å². The molecule has 3 aromatic rings. The highest BCUT2D eigenvalue weighted by molar-refractivity contribution is 7.99. The van der Waals surface area contributed by atoms with Crippen molar-refractivity contribution >= 4 is 44.9 Å². The smallest absolute Gasteiger partial charge is 0.263 e. The van der Waals surface area contributed by atoms with Crippen molar-refractivity contribution in [2.24, 2.45) is 5.92 Å². The van der Waals surface area contributed by atoms with Gasteiger partial charge in [0.2, 0.25) is 5.91 Å². The van der Waals surface area contributed by atoms with Crippen LogP contribution in [0.5, 0.6) is 0 Å². The number of thioether (sulfide) groups is 1. The van der Waals surface area contributed by atoms with E-state index < -0.39 is 0 Å². The second-order valence-electron chi connectivity index (χ2n) is 9.58. The zero-order valence-electron chi connectivity index (χ0n) is 20.0. The fraction of sp³-hybridized carbons (Fsp3) is 0.500. The van der Waals surface area contributed by atoms with Gasteiger partial charge in [0.05, 0.1) is 23.8 Å². The molecule has 1 aromatic carbocycles. The van der Waals surface area contributed by atoms with Crippen LogP contribution in [0.15, 0.2) is 28.2 Å². The SMILES string of the molecule is Cc1cccc(C)c1NC(=O)CSc1nc2sc3c(c2c(=O)n1CC1CCCO1)CCC(C)C3. The second kappa shape index (κ2) is 9.84. The Labute approximate surface area is 208 Å². The number of nitrogens with one attached hydrogen (secondary N) is 1. The largest absolute Gasteiger partial charge is 0.376 e. The van der Waals surface area contributed by atoms with Crippen LogP contribution in [0.25, 0.3) is 10.2 Å². The van der Waals surface area contributed by atoms with Crippen molar-refractivity contribution in [3.8, 4) is 0 Å². The van der Waals surface area contributed by atoms with Crippen LogP contribution in [0.3, 0.4) is 0 Å². The lowest BCUT2D eigenvalue weighted by Gasteiger charge is -2.18. The number of aromatic nitrogens is 2. The van der Waals surface area contributed by atoms with Crippen LogP contribution in [0.2, 0.25) is 0 Å². The average Bonchev–Trinajstić information content (AvgIpc) is 3.44. The van der Waals surface area contributed by atoms with Gasteiger partial charge in [-0.05, 0) is 68.6 Å². The molecular weight excluding hydrogens is 466 g/mol. The van der Waals surface area contributed by atoms with Crippen LogP contribution in [0, 0.1) is 19.8 Å². The van der Waals surface area contributed by atoms with Crippen LogP contribution in [0.4, 0.5) is 5.69 Å². The molecule has 5 rings (SSSR count). The van der Waals surface area contributed by atoms with Gasteiger partial charge >= 0.3 is 0 Å². The summed E-state index contributed by atoms with van der Waals surface area (Å²) in [5, 5.41) is 4.43. The number of fused-ring (bicyclic) bond motifs is 3. The summed E-state index contributed by atoms with van der Waals surface area (Å²) < 4.78 is 7.61. The quantitative estimate of drug-likeness (QED) is 0.378. The molecule has 34 heavy (non-hydrogen) atoms. The van der Waals surface area contributed by atoms with E-state index in [1.54, 1.807) is 15.9 Å². The normalized spacial score (nSPS) is 20.0. The number of anilines is 1. The van der Waals surface area contributed by atoms with Gasteiger partial charge in [0.15, 0.2) is 5.16 Å². The number of ether oxygens (including phenoxy) is 1. The number of benzene rings is 1. The highest BCUT2D eigenvalue weighted by atomic mass is 32.2. The molecule has 0 spiro atoms. The predicted octanol–water partition coefficient (Wildman–Crippen LogP) is 5.11. The minimum atomic E-state index is -0.0975. The van der Waals surface area contributed by atoms with Crippen molar-refractivity contribution in [3.63, 3.8) is 0 Å². The molecule has 3 heterocycles. The Kier molecular flexibility index (Phi) is 6.82. The molecule has 8 heteroatoms. The standard InChI is InChI=1S/C26H31N3O3S2/c1-15-9-10-19-20(12-15)34-24-22(19)25(31)29(13-18-8-5-11-32-18)26(28-24)33-14-21(30)27-23-16(2)6-4-7-17(23)3/h4,6-7,15,18H,5,8-14H2,1-3H3,(H,27,30). The lowest BCUT2D eigenvalue weighted by Crippen LogP contribution is -2.29. The Bertz CT molecular complexity index is 1270. The predicted molar refractivity (Wildman–Crippen MR) is 139 cm³/mol. The van der Waals surface area contributed by atoms with Crippen LogP contribution >= 0.6 is 23.1 Å². The summed E-state index contributed by atoms with van der Waals surface area (Å²) in [4.78, 5) is 33.6. The number of rotatable bonds is 6. The zero-order chi connectivity index (χ0) is 23.8. The molecule has 1 aliphatic heterocycles. The summed E-state index contributed by atoms with van der Waals surface area (Å²) in [5.74, 6) is 0.733. The van der Waals surface area contributed by atoms with Crippen LogP contribution in [0.1, 0.15) is 47.8 Å². The van der Waals surface area contributed by atoms with Crippen molar-refractivity contribution < 1.29 is 9.53 Å². The lowest BCUT2D eigenvalue weighted by atomic mass is 9.89. The number of aryl methyl sites for hydroxylation is 3. The van der Waals surface area contributed by atoms with Crippen molar-refractivity contribution in [2.45, 2.75) is 70.7 Å². The van der Waals surface area contributed by atoms with Crippen LogP contribution in [-0.4, -0.2) is 33.9 Å². The first-order valence-electron chi connectivity index (χ1n) is 12.1. The summed E-state index contributed by atoms with van der Waals surface area (Å²) in [6.07, 6.45) is 5.05.